The van der Waals surface area contributed by atoms with Crippen molar-refractivity contribution in [3.63, 3.8) is 0 Å². The van der Waals surface area contributed by atoms with Crippen LogP contribution in [0.15, 0.2) is 85.2 Å². The van der Waals surface area contributed by atoms with E-state index >= 15 is 0 Å². The number of nitrogens with zero attached hydrogens (tertiary/aromatic N) is 2. The minimum absolute atomic E-state index is 0.334. The molecule has 0 radical (unpaired) electrons. The first-order chi connectivity index (χ1) is 16.0. The van der Waals surface area contributed by atoms with E-state index in [1.807, 2.05) is 30.3 Å². The zero-order chi connectivity index (χ0) is 23.2. The van der Waals surface area contributed by atoms with Crippen molar-refractivity contribution in [3.05, 3.63) is 102 Å². The lowest BCUT2D eigenvalue weighted by molar-refractivity contribution is -0.437. The molecule has 0 amide bonds. The van der Waals surface area contributed by atoms with Crippen LogP contribution < -0.4 is 16.2 Å². The lowest BCUT2D eigenvalue weighted by atomic mass is 9.96. The van der Waals surface area contributed by atoms with E-state index in [-0.39, 0.29) is 0 Å². The molecule has 0 aliphatic rings. The van der Waals surface area contributed by atoms with Gasteiger partial charge in [0.2, 0.25) is 0 Å². The van der Waals surface area contributed by atoms with Crippen LogP contribution >= 0.6 is 0 Å². The number of carboxylic acids is 1. The summed E-state index contributed by atoms with van der Waals surface area (Å²) in [6.45, 7) is 2.76. The van der Waals surface area contributed by atoms with E-state index in [0.29, 0.717) is 18.8 Å². The molecule has 0 spiro atoms. The number of nitrogens with one attached hydrogen (secondary N) is 1. The van der Waals surface area contributed by atoms with Crippen LogP contribution in [0.3, 0.4) is 0 Å². The van der Waals surface area contributed by atoms with Gasteiger partial charge in [-0.15, -0.1) is 0 Å². The zero-order valence-electron chi connectivity index (χ0n) is 18.5. The number of carboxylic acid groups (broad SMARTS) is 1. The van der Waals surface area contributed by atoms with Gasteiger partial charge in [-0.2, -0.15) is 0 Å². The summed E-state index contributed by atoms with van der Waals surface area (Å²) in [5.74, 6) is -0.446. The second-order valence-corrected chi connectivity index (χ2v) is 8.03. The molecule has 0 saturated heterocycles. The fourth-order valence-corrected chi connectivity index (χ4v) is 3.75. The van der Waals surface area contributed by atoms with E-state index in [1.165, 1.54) is 22.3 Å². The molecule has 0 fully saturated rings. The van der Waals surface area contributed by atoms with Crippen LogP contribution in [0.2, 0.25) is 0 Å². The van der Waals surface area contributed by atoms with E-state index in [2.05, 4.69) is 70.4 Å². The third kappa shape index (κ3) is 5.42. The van der Waals surface area contributed by atoms with Crippen molar-refractivity contribution in [1.82, 2.24) is 9.97 Å². The average Bonchev–Trinajstić information content (AvgIpc) is 2.84. The summed E-state index contributed by atoms with van der Waals surface area (Å²) in [4.78, 5) is 19.9. The number of hydrogen-bond donors (Lipinski definition) is 2. The van der Waals surface area contributed by atoms with E-state index in [4.69, 9.17) is 0 Å². The SMILES string of the molecule is Cc1ccccc1-c1ccccc1CNc1cnc(-c2ccc(C[C@H]([NH3+])C(=O)[O-])cc2)cn1. The van der Waals surface area contributed by atoms with Crippen LogP contribution in [-0.2, 0) is 17.8 Å². The molecule has 3 aromatic carbocycles. The lowest BCUT2D eigenvalue weighted by Gasteiger charge is -2.13. The number of aliphatic carboxylic acids is 1. The van der Waals surface area contributed by atoms with Crippen molar-refractivity contribution < 1.29 is 15.6 Å². The highest BCUT2D eigenvalue weighted by Crippen LogP contribution is 2.27. The molecular formula is C27H26N4O2. The quantitative estimate of drug-likeness (QED) is 0.440. The molecule has 0 saturated carbocycles. The second-order valence-electron chi connectivity index (χ2n) is 8.03. The summed E-state index contributed by atoms with van der Waals surface area (Å²) in [5, 5.41) is 14.2. The van der Waals surface area contributed by atoms with Gasteiger partial charge in [0, 0.05) is 18.5 Å². The molecule has 4 N–H and O–H groups in total. The van der Waals surface area contributed by atoms with Gasteiger partial charge in [0.1, 0.15) is 11.9 Å². The van der Waals surface area contributed by atoms with Gasteiger partial charge in [-0.3, -0.25) is 4.98 Å². The van der Waals surface area contributed by atoms with Crippen molar-refractivity contribution in [1.29, 1.82) is 0 Å². The Morgan fingerprint density at radius 1 is 0.939 bits per heavy atom. The molecule has 6 nitrogen and oxygen atoms in total. The summed E-state index contributed by atoms with van der Waals surface area (Å²) in [6, 6.07) is 23.6. The molecule has 1 aromatic heterocycles. The Morgan fingerprint density at radius 3 is 2.30 bits per heavy atom. The predicted octanol–water partition coefficient (Wildman–Crippen LogP) is 2.63. The van der Waals surface area contributed by atoms with Crippen molar-refractivity contribution in [2.45, 2.75) is 25.9 Å². The van der Waals surface area contributed by atoms with E-state index in [0.717, 1.165) is 16.8 Å². The van der Waals surface area contributed by atoms with Crippen molar-refractivity contribution in [2.75, 3.05) is 5.32 Å². The number of carbonyl (C=O) groups is 1. The number of carbonyl (C=O) groups excluding carboxylic acids is 1. The van der Waals surface area contributed by atoms with Gasteiger partial charge in [-0.05, 0) is 34.7 Å². The fraction of sp³-hybridized carbons (Fsp3) is 0.148. The molecule has 6 heteroatoms. The minimum Gasteiger partial charge on any atom is -0.544 e. The Morgan fingerprint density at radius 2 is 1.64 bits per heavy atom. The first-order valence-corrected chi connectivity index (χ1v) is 10.8. The van der Waals surface area contributed by atoms with Crippen LogP contribution in [0.1, 0.15) is 16.7 Å². The average molecular weight is 439 g/mol. The number of anilines is 1. The molecule has 0 aliphatic heterocycles. The zero-order valence-corrected chi connectivity index (χ0v) is 18.5. The molecular weight excluding hydrogens is 412 g/mol. The third-order valence-electron chi connectivity index (χ3n) is 5.63. The van der Waals surface area contributed by atoms with Crippen LogP contribution in [0, 0.1) is 6.92 Å². The van der Waals surface area contributed by atoms with Gasteiger partial charge in [-0.25, -0.2) is 4.98 Å². The maximum Gasteiger partial charge on any atom is 0.144 e. The van der Waals surface area contributed by atoms with E-state index in [1.54, 1.807) is 12.4 Å². The summed E-state index contributed by atoms with van der Waals surface area (Å²) >= 11 is 0. The fourth-order valence-electron chi connectivity index (χ4n) is 3.75. The Balaban J connectivity index is 1.43. The first-order valence-electron chi connectivity index (χ1n) is 10.8. The molecule has 1 heterocycles. The van der Waals surface area contributed by atoms with Gasteiger partial charge in [0.25, 0.3) is 0 Å². The number of aryl methyl sites for hydroxylation is 1. The van der Waals surface area contributed by atoms with Crippen LogP contribution in [0.5, 0.6) is 0 Å². The Labute approximate surface area is 193 Å². The number of quaternary nitrogens is 1. The predicted molar refractivity (Wildman–Crippen MR) is 127 cm³/mol. The molecule has 166 valence electrons. The van der Waals surface area contributed by atoms with Gasteiger partial charge >= 0.3 is 0 Å². The van der Waals surface area contributed by atoms with Crippen LogP contribution in [-0.4, -0.2) is 22.0 Å². The van der Waals surface area contributed by atoms with Crippen molar-refractivity contribution in [2.24, 2.45) is 0 Å². The van der Waals surface area contributed by atoms with E-state index in [9.17, 15) is 9.90 Å². The largest absolute Gasteiger partial charge is 0.544 e. The van der Waals surface area contributed by atoms with Gasteiger partial charge in [0.15, 0.2) is 0 Å². The maximum absolute atomic E-state index is 10.9. The summed E-state index contributed by atoms with van der Waals surface area (Å²) in [5.41, 5.74) is 11.0. The van der Waals surface area contributed by atoms with E-state index < -0.39 is 12.0 Å². The second kappa shape index (κ2) is 10.1. The summed E-state index contributed by atoms with van der Waals surface area (Å²) in [7, 11) is 0. The van der Waals surface area contributed by atoms with Crippen molar-refractivity contribution in [3.8, 4) is 22.4 Å². The van der Waals surface area contributed by atoms with Crippen LogP contribution in [0.25, 0.3) is 22.4 Å². The molecule has 4 aromatic rings. The summed E-state index contributed by atoms with van der Waals surface area (Å²) < 4.78 is 0. The molecule has 33 heavy (non-hydrogen) atoms. The Hall–Kier alpha value is -4.03. The highest BCUT2D eigenvalue weighted by molar-refractivity contribution is 5.71. The standard InChI is InChI=1S/C27H26N4O2/c1-18-6-2-4-8-22(18)23-9-5-3-7-21(23)15-30-26-17-29-25(16-31-26)20-12-10-19(11-13-20)14-24(28)27(32)33/h2-13,16-17,24H,14-15,28H2,1H3,(H,30,31)(H,32,33)/t24-/m0/s1. The first kappa shape index (κ1) is 22.2. The topological polar surface area (TPSA) is 106 Å². The van der Waals surface area contributed by atoms with Crippen molar-refractivity contribution >= 4 is 11.8 Å². The lowest BCUT2D eigenvalue weighted by Crippen LogP contribution is -2.69. The molecule has 0 bridgehead atoms. The van der Waals surface area contributed by atoms with Gasteiger partial charge in [-0.1, -0.05) is 72.8 Å². The molecule has 4 rings (SSSR count). The van der Waals surface area contributed by atoms with Gasteiger partial charge < -0.3 is 21.0 Å². The Bertz CT molecular complexity index is 1240. The molecule has 0 unspecified atom stereocenters. The maximum atomic E-state index is 10.9. The third-order valence-corrected chi connectivity index (χ3v) is 5.63. The minimum atomic E-state index is -1.14. The van der Waals surface area contributed by atoms with Crippen LogP contribution in [0.4, 0.5) is 5.82 Å². The Kier molecular flexibility index (Phi) is 6.76. The number of rotatable bonds is 8. The molecule has 0 aliphatic carbocycles. The highest BCUT2D eigenvalue weighted by Gasteiger charge is 2.10. The summed E-state index contributed by atoms with van der Waals surface area (Å²) in [6.07, 6.45) is 3.79. The number of hydrogen-bond acceptors (Lipinski definition) is 5. The van der Waals surface area contributed by atoms with Gasteiger partial charge in [0.05, 0.1) is 24.1 Å². The normalized spacial score (nSPS) is 11.7. The molecule has 1 atom stereocenters. The number of aromatic nitrogens is 2. The smallest absolute Gasteiger partial charge is 0.144 e. The number of benzene rings is 3. The highest BCUT2D eigenvalue weighted by atomic mass is 16.4. The monoisotopic (exact) mass is 438 g/mol.